The lowest BCUT2D eigenvalue weighted by Gasteiger charge is -2.31. The number of cyclic esters (lactones) is 1. The van der Waals surface area contributed by atoms with E-state index in [2.05, 4.69) is 6.92 Å². The molecule has 1 heterocycles. The lowest BCUT2D eigenvalue weighted by atomic mass is 9.83. The van der Waals surface area contributed by atoms with E-state index in [1.807, 2.05) is 19.1 Å². The van der Waals surface area contributed by atoms with Crippen molar-refractivity contribution in [2.45, 2.75) is 45.6 Å². The molecule has 1 aliphatic heterocycles. The van der Waals surface area contributed by atoms with Gasteiger partial charge in [-0.05, 0) is 31.4 Å². The number of carbonyl (C=O) groups excluding carboxylic acids is 1. The summed E-state index contributed by atoms with van der Waals surface area (Å²) in [5.74, 6) is -0.138. The summed E-state index contributed by atoms with van der Waals surface area (Å²) in [5.41, 5.74) is 2.01. The van der Waals surface area contributed by atoms with Gasteiger partial charge in [-0.15, -0.1) is 0 Å². The summed E-state index contributed by atoms with van der Waals surface area (Å²) >= 11 is 0. The molecule has 3 heteroatoms. The van der Waals surface area contributed by atoms with E-state index in [-0.39, 0.29) is 17.8 Å². The van der Waals surface area contributed by atoms with Crippen LogP contribution in [0.4, 0.5) is 0 Å². The van der Waals surface area contributed by atoms with Gasteiger partial charge < -0.3 is 9.84 Å². The van der Waals surface area contributed by atoms with Crippen molar-refractivity contribution in [2.24, 2.45) is 0 Å². The molecule has 1 N–H and O–H groups in total. The molecule has 1 aromatic rings. The molecule has 0 bridgehead atoms. The SMILES string of the molecule is CCC[C@H]1c2ccc(C)c(O)c2C(=O)O[C@@H]1C. The van der Waals surface area contributed by atoms with Gasteiger partial charge in [-0.2, -0.15) is 0 Å². The minimum Gasteiger partial charge on any atom is -0.507 e. The van der Waals surface area contributed by atoms with Crippen LogP contribution in [0.2, 0.25) is 0 Å². The molecule has 2 atom stereocenters. The van der Waals surface area contributed by atoms with Crippen LogP contribution < -0.4 is 0 Å². The first-order valence-corrected chi connectivity index (χ1v) is 6.09. The first-order chi connectivity index (χ1) is 8.06. The Hall–Kier alpha value is -1.51. The van der Waals surface area contributed by atoms with E-state index in [4.69, 9.17) is 4.74 Å². The first-order valence-electron chi connectivity index (χ1n) is 6.09. The molecule has 17 heavy (non-hydrogen) atoms. The lowest BCUT2D eigenvalue weighted by Crippen LogP contribution is -2.30. The molecule has 92 valence electrons. The van der Waals surface area contributed by atoms with Crippen LogP contribution in [0.5, 0.6) is 5.75 Å². The van der Waals surface area contributed by atoms with Crippen molar-refractivity contribution < 1.29 is 14.6 Å². The number of phenols is 1. The number of aryl methyl sites for hydroxylation is 1. The molecule has 1 aliphatic rings. The van der Waals surface area contributed by atoms with Crippen LogP contribution in [-0.2, 0) is 4.74 Å². The van der Waals surface area contributed by atoms with Crippen molar-refractivity contribution in [3.05, 3.63) is 28.8 Å². The monoisotopic (exact) mass is 234 g/mol. The van der Waals surface area contributed by atoms with Crippen molar-refractivity contribution in [1.29, 1.82) is 0 Å². The summed E-state index contributed by atoms with van der Waals surface area (Å²) in [5, 5.41) is 9.99. The van der Waals surface area contributed by atoms with Crippen molar-refractivity contribution >= 4 is 5.97 Å². The molecule has 0 saturated heterocycles. The van der Waals surface area contributed by atoms with Gasteiger partial charge in [-0.3, -0.25) is 0 Å². The van der Waals surface area contributed by atoms with Crippen molar-refractivity contribution in [2.75, 3.05) is 0 Å². The Morgan fingerprint density at radius 3 is 2.76 bits per heavy atom. The molecule has 0 unspecified atom stereocenters. The highest BCUT2D eigenvalue weighted by Crippen LogP contribution is 2.39. The number of benzene rings is 1. The topological polar surface area (TPSA) is 46.5 Å². The number of ether oxygens (including phenoxy) is 1. The lowest BCUT2D eigenvalue weighted by molar-refractivity contribution is 0.0211. The summed E-state index contributed by atoms with van der Waals surface area (Å²) in [6.07, 6.45) is 1.88. The number of hydrogen-bond donors (Lipinski definition) is 1. The summed E-state index contributed by atoms with van der Waals surface area (Å²) in [4.78, 5) is 11.8. The standard InChI is InChI=1S/C14H18O3/c1-4-5-10-9(3)17-14(16)12-11(10)7-6-8(2)13(12)15/h6-7,9-10,15H,4-5H2,1-3H3/t9-,10-/m1/s1. The quantitative estimate of drug-likeness (QED) is 0.799. The minimum atomic E-state index is -0.402. The van der Waals surface area contributed by atoms with Crippen LogP contribution in [0.15, 0.2) is 12.1 Å². The average Bonchev–Trinajstić information content (AvgIpc) is 2.28. The Bertz CT molecular complexity index is 451. The highest BCUT2D eigenvalue weighted by molar-refractivity contribution is 5.96. The summed E-state index contributed by atoms with van der Waals surface area (Å²) in [6, 6.07) is 3.81. The smallest absolute Gasteiger partial charge is 0.342 e. The molecule has 0 amide bonds. The highest BCUT2D eigenvalue weighted by atomic mass is 16.5. The zero-order valence-electron chi connectivity index (χ0n) is 10.5. The molecule has 0 fully saturated rings. The van der Waals surface area contributed by atoms with E-state index >= 15 is 0 Å². The van der Waals surface area contributed by atoms with Crippen LogP contribution in [0.1, 0.15) is 54.1 Å². The van der Waals surface area contributed by atoms with E-state index in [9.17, 15) is 9.90 Å². The number of hydrogen-bond acceptors (Lipinski definition) is 3. The number of phenolic OH excluding ortho intramolecular Hbond substituents is 1. The van der Waals surface area contributed by atoms with Crippen LogP contribution in [-0.4, -0.2) is 17.2 Å². The maximum atomic E-state index is 11.8. The zero-order chi connectivity index (χ0) is 12.6. The molecule has 0 spiro atoms. The third-order valence-electron chi connectivity index (χ3n) is 3.47. The van der Waals surface area contributed by atoms with Crippen LogP contribution in [0.3, 0.4) is 0 Å². The molecule has 0 radical (unpaired) electrons. The molecular weight excluding hydrogens is 216 g/mol. The minimum absolute atomic E-state index is 0.0699. The van der Waals surface area contributed by atoms with Crippen molar-refractivity contribution in [1.82, 2.24) is 0 Å². The predicted molar refractivity (Wildman–Crippen MR) is 65.4 cm³/mol. The summed E-state index contributed by atoms with van der Waals surface area (Å²) < 4.78 is 5.31. The Morgan fingerprint density at radius 1 is 1.41 bits per heavy atom. The molecule has 0 aliphatic carbocycles. The van der Waals surface area contributed by atoms with Gasteiger partial charge in [0.05, 0.1) is 0 Å². The Kier molecular flexibility index (Phi) is 3.09. The van der Waals surface area contributed by atoms with Crippen LogP contribution in [0, 0.1) is 6.92 Å². The first kappa shape index (κ1) is 12.0. The van der Waals surface area contributed by atoms with E-state index < -0.39 is 5.97 Å². The van der Waals surface area contributed by atoms with Gasteiger partial charge in [-0.1, -0.05) is 25.5 Å². The van der Waals surface area contributed by atoms with Gasteiger partial charge in [0.25, 0.3) is 0 Å². The fourth-order valence-electron chi connectivity index (χ4n) is 2.50. The highest BCUT2D eigenvalue weighted by Gasteiger charge is 2.34. The van der Waals surface area contributed by atoms with E-state index in [0.717, 1.165) is 18.4 Å². The van der Waals surface area contributed by atoms with Crippen LogP contribution in [0.25, 0.3) is 0 Å². The second-order valence-electron chi connectivity index (χ2n) is 4.70. The molecular formula is C14H18O3. The average molecular weight is 234 g/mol. The second-order valence-corrected chi connectivity index (χ2v) is 4.70. The van der Waals surface area contributed by atoms with Gasteiger partial charge in [0.15, 0.2) is 0 Å². The Morgan fingerprint density at radius 2 is 2.12 bits per heavy atom. The Labute approximate surface area is 101 Å². The number of esters is 1. The molecule has 0 saturated carbocycles. The van der Waals surface area contributed by atoms with Crippen molar-refractivity contribution in [3.8, 4) is 5.75 Å². The maximum Gasteiger partial charge on any atom is 0.342 e. The van der Waals surface area contributed by atoms with Crippen molar-refractivity contribution in [3.63, 3.8) is 0 Å². The van der Waals surface area contributed by atoms with Gasteiger partial charge in [-0.25, -0.2) is 4.79 Å². The molecule has 3 nitrogen and oxygen atoms in total. The largest absolute Gasteiger partial charge is 0.507 e. The molecule has 1 aromatic carbocycles. The third kappa shape index (κ3) is 1.90. The second kappa shape index (κ2) is 4.40. The number of carbonyl (C=O) groups is 1. The van der Waals surface area contributed by atoms with Crippen LogP contribution >= 0.6 is 0 Å². The summed E-state index contributed by atoms with van der Waals surface area (Å²) in [7, 11) is 0. The molecule has 2 rings (SSSR count). The number of aromatic hydroxyl groups is 1. The number of fused-ring (bicyclic) bond motifs is 1. The van der Waals surface area contributed by atoms with E-state index in [0.29, 0.717) is 11.1 Å². The maximum absolute atomic E-state index is 11.8. The van der Waals surface area contributed by atoms with Gasteiger partial charge in [0.1, 0.15) is 17.4 Å². The fourth-order valence-corrected chi connectivity index (χ4v) is 2.50. The third-order valence-corrected chi connectivity index (χ3v) is 3.47. The van der Waals surface area contributed by atoms with E-state index in [1.165, 1.54) is 0 Å². The molecule has 0 aromatic heterocycles. The fraction of sp³-hybridized carbons (Fsp3) is 0.500. The van der Waals surface area contributed by atoms with Gasteiger partial charge in [0, 0.05) is 5.92 Å². The Balaban J connectivity index is 2.56. The summed E-state index contributed by atoms with van der Waals surface area (Å²) in [6.45, 7) is 5.81. The predicted octanol–water partition coefficient (Wildman–Crippen LogP) is 3.14. The van der Waals surface area contributed by atoms with Gasteiger partial charge >= 0.3 is 5.97 Å². The zero-order valence-corrected chi connectivity index (χ0v) is 10.5. The van der Waals surface area contributed by atoms with Gasteiger partial charge in [0.2, 0.25) is 0 Å². The normalized spacial score (nSPS) is 23.1. The number of rotatable bonds is 2. The van der Waals surface area contributed by atoms with E-state index in [1.54, 1.807) is 6.92 Å².